The van der Waals surface area contributed by atoms with E-state index in [0.29, 0.717) is 12.6 Å². The minimum Gasteiger partial charge on any atom is -0.377 e. The maximum atomic E-state index is 5.91. The molecule has 3 heteroatoms. The number of aryl methyl sites for hydroxylation is 1. The zero-order valence-corrected chi connectivity index (χ0v) is 11.2. The molecule has 1 aromatic rings. The fourth-order valence-electron chi connectivity index (χ4n) is 2.60. The molecule has 0 aromatic heterocycles. The Balaban J connectivity index is 1.98. The van der Waals surface area contributed by atoms with Crippen molar-refractivity contribution in [2.75, 3.05) is 19.7 Å². The molecule has 3 nitrogen and oxygen atoms in total. The van der Waals surface area contributed by atoms with Gasteiger partial charge >= 0.3 is 0 Å². The van der Waals surface area contributed by atoms with Crippen molar-refractivity contribution in [1.29, 1.82) is 0 Å². The van der Waals surface area contributed by atoms with Crippen molar-refractivity contribution >= 4 is 0 Å². The molecule has 18 heavy (non-hydrogen) atoms. The second-order valence-electron chi connectivity index (χ2n) is 4.88. The second-order valence-corrected chi connectivity index (χ2v) is 4.88. The smallest absolute Gasteiger partial charge is 0.0700 e. The Morgan fingerprint density at radius 3 is 2.94 bits per heavy atom. The molecule has 1 fully saturated rings. The first-order chi connectivity index (χ1) is 8.85. The zero-order valence-electron chi connectivity index (χ0n) is 11.2. The summed E-state index contributed by atoms with van der Waals surface area (Å²) in [5.41, 5.74) is 8.63. The highest BCUT2D eigenvalue weighted by molar-refractivity contribution is 5.30. The van der Waals surface area contributed by atoms with Crippen LogP contribution in [0.5, 0.6) is 0 Å². The van der Waals surface area contributed by atoms with E-state index in [1.807, 2.05) is 0 Å². The lowest BCUT2D eigenvalue weighted by atomic mass is 9.98. The summed E-state index contributed by atoms with van der Waals surface area (Å²) in [6.07, 6.45) is 3.77. The van der Waals surface area contributed by atoms with Crippen molar-refractivity contribution in [3.8, 4) is 0 Å². The molecule has 100 valence electrons. The average Bonchev–Trinajstić information content (AvgIpc) is 2.93. The summed E-state index contributed by atoms with van der Waals surface area (Å²) in [4.78, 5) is 0. The lowest BCUT2D eigenvalue weighted by Gasteiger charge is -2.22. The molecule has 1 aliphatic heterocycles. The third-order valence-electron chi connectivity index (χ3n) is 3.66. The summed E-state index contributed by atoms with van der Waals surface area (Å²) in [6, 6.07) is 8.79. The predicted octanol–water partition coefficient (Wildman–Crippen LogP) is 2.02. The maximum absolute atomic E-state index is 5.91. The summed E-state index contributed by atoms with van der Waals surface area (Å²) in [5, 5.41) is 3.55. The van der Waals surface area contributed by atoms with Crippen molar-refractivity contribution in [1.82, 2.24) is 5.32 Å². The molecular weight excluding hydrogens is 224 g/mol. The third kappa shape index (κ3) is 3.31. The predicted molar refractivity (Wildman–Crippen MR) is 74.6 cm³/mol. The molecule has 1 aromatic carbocycles. The number of hydrogen-bond acceptors (Lipinski definition) is 3. The van der Waals surface area contributed by atoms with E-state index in [2.05, 4.69) is 36.5 Å². The van der Waals surface area contributed by atoms with E-state index in [1.54, 1.807) is 0 Å². The molecule has 0 radical (unpaired) electrons. The third-order valence-corrected chi connectivity index (χ3v) is 3.66. The zero-order chi connectivity index (χ0) is 12.8. The van der Waals surface area contributed by atoms with Crippen LogP contribution >= 0.6 is 0 Å². The van der Waals surface area contributed by atoms with Gasteiger partial charge in [-0.25, -0.2) is 0 Å². The Morgan fingerprint density at radius 2 is 2.28 bits per heavy atom. The quantitative estimate of drug-likeness (QED) is 0.809. The molecule has 2 unspecified atom stereocenters. The SMILES string of the molecule is CCc1ccccc1C(CN)NCC1CCCO1. The molecule has 0 bridgehead atoms. The molecular formula is C15H24N2O. The number of nitrogens with two attached hydrogens (primary N) is 1. The Bertz CT molecular complexity index is 361. The summed E-state index contributed by atoms with van der Waals surface area (Å²) in [6.45, 7) is 4.63. The fourth-order valence-corrected chi connectivity index (χ4v) is 2.60. The fraction of sp³-hybridized carbons (Fsp3) is 0.600. The first-order valence-corrected chi connectivity index (χ1v) is 6.98. The van der Waals surface area contributed by atoms with Gasteiger partial charge < -0.3 is 15.8 Å². The van der Waals surface area contributed by atoms with Crippen LogP contribution in [0.4, 0.5) is 0 Å². The van der Waals surface area contributed by atoms with Crippen LogP contribution < -0.4 is 11.1 Å². The van der Waals surface area contributed by atoms with E-state index in [9.17, 15) is 0 Å². The van der Waals surface area contributed by atoms with E-state index < -0.39 is 0 Å². The minimum absolute atomic E-state index is 0.241. The molecule has 2 rings (SSSR count). The van der Waals surface area contributed by atoms with Gasteiger partial charge in [-0.1, -0.05) is 31.2 Å². The van der Waals surface area contributed by atoms with Crippen LogP contribution in [0.15, 0.2) is 24.3 Å². The number of hydrogen-bond donors (Lipinski definition) is 2. The van der Waals surface area contributed by atoms with Gasteiger partial charge in [0.15, 0.2) is 0 Å². The summed E-state index contributed by atoms with van der Waals surface area (Å²) < 4.78 is 5.64. The molecule has 1 aliphatic rings. The van der Waals surface area contributed by atoms with Crippen LogP contribution in [0.3, 0.4) is 0 Å². The second kappa shape index (κ2) is 6.88. The molecule has 1 saturated heterocycles. The first kappa shape index (κ1) is 13.5. The van der Waals surface area contributed by atoms with Gasteiger partial charge in [0.25, 0.3) is 0 Å². The normalized spacial score (nSPS) is 21.1. The Labute approximate surface area is 110 Å². The van der Waals surface area contributed by atoms with Crippen molar-refractivity contribution in [3.05, 3.63) is 35.4 Å². The number of nitrogens with one attached hydrogen (secondary N) is 1. The van der Waals surface area contributed by atoms with E-state index >= 15 is 0 Å². The monoisotopic (exact) mass is 248 g/mol. The summed E-state index contributed by atoms with van der Waals surface area (Å²) in [7, 11) is 0. The van der Waals surface area contributed by atoms with E-state index in [0.717, 1.165) is 19.6 Å². The summed E-state index contributed by atoms with van der Waals surface area (Å²) >= 11 is 0. The van der Waals surface area contributed by atoms with Crippen LogP contribution in [0, 0.1) is 0 Å². The van der Waals surface area contributed by atoms with Crippen LogP contribution in [-0.4, -0.2) is 25.8 Å². The lowest BCUT2D eigenvalue weighted by molar-refractivity contribution is 0.107. The molecule has 3 N–H and O–H groups in total. The lowest BCUT2D eigenvalue weighted by Crippen LogP contribution is -2.34. The summed E-state index contributed by atoms with van der Waals surface area (Å²) in [5.74, 6) is 0. The molecule has 0 spiro atoms. The van der Waals surface area contributed by atoms with Crippen molar-refractivity contribution in [2.24, 2.45) is 5.73 Å². The highest BCUT2D eigenvalue weighted by Gasteiger charge is 2.18. The maximum Gasteiger partial charge on any atom is 0.0700 e. The van der Waals surface area contributed by atoms with Crippen molar-refractivity contribution in [3.63, 3.8) is 0 Å². The van der Waals surface area contributed by atoms with Gasteiger partial charge in [0.05, 0.1) is 6.10 Å². The van der Waals surface area contributed by atoms with Crippen molar-refractivity contribution in [2.45, 2.75) is 38.3 Å². The van der Waals surface area contributed by atoms with Crippen LogP contribution in [0.25, 0.3) is 0 Å². The van der Waals surface area contributed by atoms with Crippen LogP contribution in [0.2, 0.25) is 0 Å². The van der Waals surface area contributed by atoms with Gasteiger partial charge in [-0.3, -0.25) is 0 Å². The van der Waals surface area contributed by atoms with Gasteiger partial charge in [-0.05, 0) is 30.4 Å². The van der Waals surface area contributed by atoms with Crippen LogP contribution in [-0.2, 0) is 11.2 Å². The number of benzene rings is 1. The van der Waals surface area contributed by atoms with E-state index in [1.165, 1.54) is 24.0 Å². The van der Waals surface area contributed by atoms with Gasteiger partial charge in [0.1, 0.15) is 0 Å². The van der Waals surface area contributed by atoms with Gasteiger partial charge in [0.2, 0.25) is 0 Å². The topological polar surface area (TPSA) is 47.3 Å². The standard InChI is InChI=1S/C15H24N2O/c1-2-12-6-3-4-8-14(12)15(10-16)17-11-13-7-5-9-18-13/h3-4,6,8,13,15,17H,2,5,7,9-11,16H2,1H3. The Hall–Kier alpha value is -0.900. The Morgan fingerprint density at radius 1 is 1.44 bits per heavy atom. The van der Waals surface area contributed by atoms with E-state index in [4.69, 9.17) is 10.5 Å². The van der Waals surface area contributed by atoms with Crippen molar-refractivity contribution < 1.29 is 4.74 Å². The highest BCUT2D eigenvalue weighted by atomic mass is 16.5. The molecule has 0 aliphatic carbocycles. The largest absolute Gasteiger partial charge is 0.377 e. The van der Waals surface area contributed by atoms with Crippen LogP contribution in [0.1, 0.15) is 36.9 Å². The molecule has 0 saturated carbocycles. The Kier molecular flexibility index (Phi) is 5.17. The van der Waals surface area contributed by atoms with Gasteiger partial charge in [-0.2, -0.15) is 0 Å². The number of ether oxygens (including phenoxy) is 1. The first-order valence-electron chi connectivity index (χ1n) is 6.98. The minimum atomic E-state index is 0.241. The highest BCUT2D eigenvalue weighted by Crippen LogP contribution is 2.19. The average molecular weight is 248 g/mol. The molecule has 0 amide bonds. The molecule has 1 heterocycles. The van der Waals surface area contributed by atoms with E-state index in [-0.39, 0.29) is 6.04 Å². The van der Waals surface area contributed by atoms with Gasteiger partial charge in [0, 0.05) is 25.7 Å². The van der Waals surface area contributed by atoms with Gasteiger partial charge in [-0.15, -0.1) is 0 Å². The number of rotatable bonds is 6. The molecule has 2 atom stereocenters.